The lowest BCUT2D eigenvalue weighted by molar-refractivity contribution is 0.00777. The Bertz CT molecular complexity index is 491. The van der Waals surface area contributed by atoms with Crippen molar-refractivity contribution in [1.82, 2.24) is 9.80 Å². The molecule has 1 atom stereocenters. The molecule has 1 unspecified atom stereocenters. The van der Waals surface area contributed by atoms with Gasteiger partial charge in [0, 0.05) is 19.1 Å². The number of benzene rings is 1. The maximum absolute atomic E-state index is 11.5. The smallest absolute Gasteiger partial charge is 0.337 e. The van der Waals surface area contributed by atoms with Crippen LogP contribution in [0.2, 0.25) is 0 Å². The van der Waals surface area contributed by atoms with Crippen LogP contribution in [-0.2, 0) is 16.1 Å². The quantitative estimate of drug-likeness (QED) is 0.721. The number of ether oxygens (including phenoxy) is 2. The van der Waals surface area contributed by atoms with Crippen molar-refractivity contribution in [2.75, 3.05) is 41.0 Å². The average molecular weight is 306 g/mol. The average Bonchev–Trinajstić information content (AvgIpc) is 2.93. The SMILES string of the molecule is COC(=O)c1cccc(COCN2CCCC2CN(C)C)c1. The van der Waals surface area contributed by atoms with Crippen LogP contribution in [0.15, 0.2) is 24.3 Å². The molecule has 5 nitrogen and oxygen atoms in total. The predicted molar refractivity (Wildman–Crippen MR) is 85.7 cm³/mol. The van der Waals surface area contributed by atoms with Crippen LogP contribution in [0.5, 0.6) is 0 Å². The molecule has 1 saturated heterocycles. The van der Waals surface area contributed by atoms with Crippen molar-refractivity contribution >= 4 is 5.97 Å². The lowest BCUT2D eigenvalue weighted by Gasteiger charge is -2.26. The highest BCUT2D eigenvalue weighted by atomic mass is 16.5. The zero-order chi connectivity index (χ0) is 15.9. The highest BCUT2D eigenvalue weighted by molar-refractivity contribution is 5.89. The Morgan fingerprint density at radius 2 is 2.23 bits per heavy atom. The minimum absolute atomic E-state index is 0.313. The van der Waals surface area contributed by atoms with Gasteiger partial charge in [-0.15, -0.1) is 0 Å². The summed E-state index contributed by atoms with van der Waals surface area (Å²) in [6.45, 7) is 3.32. The van der Waals surface area contributed by atoms with Crippen LogP contribution in [0, 0.1) is 0 Å². The number of carbonyl (C=O) groups is 1. The van der Waals surface area contributed by atoms with E-state index in [1.807, 2.05) is 18.2 Å². The van der Waals surface area contributed by atoms with Crippen molar-refractivity contribution in [3.05, 3.63) is 35.4 Å². The maximum atomic E-state index is 11.5. The first-order valence-corrected chi connectivity index (χ1v) is 7.74. The number of nitrogens with zero attached hydrogens (tertiary/aromatic N) is 2. The molecule has 1 fully saturated rings. The molecule has 1 aliphatic heterocycles. The lowest BCUT2D eigenvalue weighted by atomic mass is 10.1. The third-order valence-corrected chi connectivity index (χ3v) is 3.95. The second-order valence-electron chi connectivity index (χ2n) is 6.04. The molecular formula is C17H26N2O3. The summed E-state index contributed by atoms with van der Waals surface area (Å²) in [5, 5.41) is 0. The van der Waals surface area contributed by atoms with Crippen LogP contribution < -0.4 is 0 Å². The summed E-state index contributed by atoms with van der Waals surface area (Å²) in [6.07, 6.45) is 2.47. The molecule has 5 heteroatoms. The van der Waals surface area contributed by atoms with Crippen molar-refractivity contribution in [1.29, 1.82) is 0 Å². The second-order valence-corrected chi connectivity index (χ2v) is 6.04. The van der Waals surface area contributed by atoms with Crippen LogP contribution in [0.1, 0.15) is 28.8 Å². The fourth-order valence-electron chi connectivity index (χ4n) is 2.88. The number of carbonyl (C=O) groups excluding carboxylic acids is 1. The van der Waals surface area contributed by atoms with Gasteiger partial charge in [-0.25, -0.2) is 4.79 Å². The molecule has 1 aliphatic rings. The van der Waals surface area contributed by atoms with Gasteiger partial charge < -0.3 is 14.4 Å². The van der Waals surface area contributed by atoms with Gasteiger partial charge in [0.2, 0.25) is 0 Å². The summed E-state index contributed by atoms with van der Waals surface area (Å²) in [4.78, 5) is 16.1. The van der Waals surface area contributed by atoms with E-state index in [-0.39, 0.29) is 5.97 Å². The Labute approximate surface area is 132 Å². The van der Waals surface area contributed by atoms with Gasteiger partial charge in [-0.05, 0) is 44.6 Å². The Hall–Kier alpha value is -1.43. The molecule has 0 spiro atoms. The van der Waals surface area contributed by atoms with Crippen molar-refractivity contribution in [2.24, 2.45) is 0 Å². The second kappa shape index (κ2) is 8.27. The Morgan fingerprint density at radius 1 is 1.41 bits per heavy atom. The van der Waals surface area contributed by atoms with Gasteiger partial charge in [-0.2, -0.15) is 0 Å². The van der Waals surface area contributed by atoms with E-state index >= 15 is 0 Å². The topological polar surface area (TPSA) is 42.0 Å². The third kappa shape index (κ3) is 4.80. The molecule has 2 rings (SSSR count). The summed E-state index contributed by atoms with van der Waals surface area (Å²) in [7, 11) is 5.61. The fourth-order valence-corrected chi connectivity index (χ4v) is 2.88. The van der Waals surface area contributed by atoms with Crippen LogP contribution in [0.25, 0.3) is 0 Å². The minimum Gasteiger partial charge on any atom is -0.465 e. The highest BCUT2D eigenvalue weighted by Gasteiger charge is 2.24. The van der Waals surface area contributed by atoms with E-state index in [0.717, 1.165) is 18.7 Å². The van der Waals surface area contributed by atoms with Crippen molar-refractivity contribution < 1.29 is 14.3 Å². The molecule has 0 radical (unpaired) electrons. The monoisotopic (exact) mass is 306 g/mol. The van der Waals surface area contributed by atoms with Crippen LogP contribution in [-0.4, -0.2) is 62.8 Å². The largest absolute Gasteiger partial charge is 0.465 e. The van der Waals surface area contributed by atoms with Gasteiger partial charge in [0.25, 0.3) is 0 Å². The number of likely N-dealkylation sites (N-methyl/N-ethyl adjacent to an activating group) is 1. The minimum atomic E-state index is -0.313. The van der Waals surface area contributed by atoms with Gasteiger partial charge in [0.15, 0.2) is 0 Å². The summed E-state index contributed by atoms with van der Waals surface area (Å²) < 4.78 is 10.6. The van der Waals surface area contributed by atoms with Gasteiger partial charge in [-0.1, -0.05) is 12.1 Å². The highest BCUT2D eigenvalue weighted by Crippen LogP contribution is 2.18. The molecule has 0 saturated carbocycles. The van der Waals surface area contributed by atoms with E-state index in [1.165, 1.54) is 20.0 Å². The van der Waals surface area contributed by atoms with Gasteiger partial charge in [-0.3, -0.25) is 4.90 Å². The number of esters is 1. The van der Waals surface area contributed by atoms with E-state index in [0.29, 0.717) is 24.9 Å². The number of likely N-dealkylation sites (tertiary alicyclic amines) is 1. The van der Waals surface area contributed by atoms with Gasteiger partial charge in [0.05, 0.1) is 26.0 Å². The fraction of sp³-hybridized carbons (Fsp3) is 0.588. The molecule has 1 aromatic rings. The first-order valence-electron chi connectivity index (χ1n) is 7.74. The zero-order valence-electron chi connectivity index (χ0n) is 13.7. The van der Waals surface area contributed by atoms with E-state index in [2.05, 4.69) is 23.9 Å². The first-order chi connectivity index (χ1) is 10.6. The van der Waals surface area contributed by atoms with Crippen molar-refractivity contribution in [2.45, 2.75) is 25.5 Å². The summed E-state index contributed by atoms with van der Waals surface area (Å²) >= 11 is 0. The third-order valence-electron chi connectivity index (χ3n) is 3.95. The van der Waals surface area contributed by atoms with Crippen LogP contribution in [0.3, 0.4) is 0 Å². The number of hydrogen-bond acceptors (Lipinski definition) is 5. The number of methoxy groups -OCH3 is 1. The summed E-state index contributed by atoms with van der Waals surface area (Å²) in [5.74, 6) is -0.313. The van der Waals surface area contributed by atoms with Crippen molar-refractivity contribution in [3.8, 4) is 0 Å². The van der Waals surface area contributed by atoms with Gasteiger partial charge in [0.1, 0.15) is 0 Å². The van der Waals surface area contributed by atoms with Crippen LogP contribution >= 0.6 is 0 Å². The number of rotatable bonds is 7. The standard InChI is InChI=1S/C17H26N2O3/c1-18(2)11-16-8-5-9-19(16)13-22-12-14-6-4-7-15(10-14)17(20)21-3/h4,6-7,10,16H,5,8-9,11-13H2,1-3H3. The molecule has 0 aromatic heterocycles. The summed E-state index contributed by atoms with van der Waals surface area (Å²) in [5.41, 5.74) is 1.56. The predicted octanol–water partition coefficient (Wildman–Crippen LogP) is 1.97. The molecule has 22 heavy (non-hydrogen) atoms. The Morgan fingerprint density at radius 3 is 2.95 bits per heavy atom. The zero-order valence-corrected chi connectivity index (χ0v) is 13.7. The van der Waals surface area contributed by atoms with Crippen LogP contribution in [0.4, 0.5) is 0 Å². The van der Waals surface area contributed by atoms with E-state index in [4.69, 9.17) is 9.47 Å². The maximum Gasteiger partial charge on any atom is 0.337 e. The normalized spacial score (nSPS) is 18.8. The van der Waals surface area contributed by atoms with E-state index in [1.54, 1.807) is 6.07 Å². The molecule has 122 valence electrons. The number of hydrogen-bond donors (Lipinski definition) is 0. The van der Waals surface area contributed by atoms with Gasteiger partial charge >= 0.3 is 5.97 Å². The lowest BCUT2D eigenvalue weighted by Crippen LogP contribution is -2.38. The molecule has 1 heterocycles. The molecular weight excluding hydrogens is 280 g/mol. The Kier molecular flexibility index (Phi) is 6.36. The molecule has 0 N–H and O–H groups in total. The molecule has 0 bridgehead atoms. The first kappa shape index (κ1) is 16.9. The van der Waals surface area contributed by atoms with Crippen molar-refractivity contribution in [3.63, 3.8) is 0 Å². The molecule has 0 amide bonds. The molecule has 1 aromatic carbocycles. The Balaban J connectivity index is 1.82. The molecule has 0 aliphatic carbocycles. The van der Waals surface area contributed by atoms with E-state index < -0.39 is 0 Å². The summed E-state index contributed by atoms with van der Waals surface area (Å²) in [6, 6.07) is 7.98. The van der Waals surface area contributed by atoms with E-state index in [9.17, 15) is 4.79 Å².